The molecule has 48 valence electrons. The van der Waals surface area contributed by atoms with E-state index in [2.05, 4.69) is 5.32 Å². The average molecular weight is 117 g/mol. The Labute approximate surface area is 49.3 Å². The van der Waals surface area contributed by atoms with Gasteiger partial charge in [0.25, 0.3) is 0 Å². The second-order valence-corrected chi connectivity index (χ2v) is 2.41. The highest BCUT2D eigenvalue weighted by atomic mass is 19.1. The highest BCUT2D eigenvalue weighted by Gasteiger charge is 2.30. The van der Waals surface area contributed by atoms with Gasteiger partial charge in [0, 0.05) is 6.54 Å². The predicted octanol–water partition coefficient (Wildman–Crippen LogP) is 0.954. The SMILES string of the molecule is CNCC(F)C1CC1. The lowest BCUT2D eigenvalue weighted by molar-refractivity contribution is 0.291. The van der Waals surface area contributed by atoms with Crippen molar-refractivity contribution in [2.75, 3.05) is 13.6 Å². The van der Waals surface area contributed by atoms with Crippen LogP contribution >= 0.6 is 0 Å². The summed E-state index contributed by atoms with van der Waals surface area (Å²) in [6, 6.07) is 0. The van der Waals surface area contributed by atoms with Crippen molar-refractivity contribution in [3.05, 3.63) is 0 Å². The Morgan fingerprint density at radius 2 is 2.38 bits per heavy atom. The summed E-state index contributed by atoms with van der Waals surface area (Å²) in [5, 5.41) is 2.81. The summed E-state index contributed by atoms with van der Waals surface area (Å²) in [6.45, 7) is 0.532. The second kappa shape index (κ2) is 2.44. The van der Waals surface area contributed by atoms with Gasteiger partial charge in [-0.3, -0.25) is 0 Å². The number of hydrogen-bond acceptors (Lipinski definition) is 1. The molecule has 1 fully saturated rings. The zero-order valence-electron chi connectivity index (χ0n) is 5.15. The normalized spacial score (nSPS) is 23.2. The van der Waals surface area contributed by atoms with Gasteiger partial charge in [-0.1, -0.05) is 0 Å². The van der Waals surface area contributed by atoms with E-state index in [0.717, 1.165) is 12.8 Å². The fourth-order valence-electron chi connectivity index (χ4n) is 0.820. The second-order valence-electron chi connectivity index (χ2n) is 2.41. The molecule has 0 amide bonds. The number of alkyl halides is 1. The number of hydrogen-bond donors (Lipinski definition) is 1. The fourth-order valence-corrected chi connectivity index (χ4v) is 0.820. The lowest BCUT2D eigenvalue weighted by atomic mass is 10.2. The van der Waals surface area contributed by atoms with E-state index in [-0.39, 0.29) is 0 Å². The van der Waals surface area contributed by atoms with Gasteiger partial charge in [0.1, 0.15) is 6.17 Å². The first-order valence-corrected chi connectivity index (χ1v) is 3.13. The van der Waals surface area contributed by atoms with E-state index >= 15 is 0 Å². The maximum Gasteiger partial charge on any atom is 0.115 e. The molecule has 0 radical (unpaired) electrons. The van der Waals surface area contributed by atoms with Crippen LogP contribution in [0, 0.1) is 5.92 Å². The molecule has 1 atom stereocenters. The molecule has 0 aromatic heterocycles. The van der Waals surface area contributed by atoms with Crippen molar-refractivity contribution in [1.82, 2.24) is 5.32 Å². The smallest absolute Gasteiger partial charge is 0.115 e. The molecule has 0 saturated heterocycles. The van der Waals surface area contributed by atoms with Gasteiger partial charge in [-0.05, 0) is 25.8 Å². The number of nitrogens with one attached hydrogen (secondary N) is 1. The Balaban J connectivity index is 2.03. The molecule has 0 aromatic carbocycles. The molecule has 0 aromatic rings. The van der Waals surface area contributed by atoms with Crippen LogP contribution in [0.4, 0.5) is 4.39 Å². The van der Waals surface area contributed by atoms with E-state index in [4.69, 9.17) is 0 Å². The van der Waals surface area contributed by atoms with Crippen molar-refractivity contribution in [2.45, 2.75) is 19.0 Å². The summed E-state index contributed by atoms with van der Waals surface area (Å²) in [5.74, 6) is 0.391. The van der Waals surface area contributed by atoms with Crippen molar-refractivity contribution >= 4 is 0 Å². The molecule has 1 saturated carbocycles. The topological polar surface area (TPSA) is 12.0 Å². The van der Waals surface area contributed by atoms with Crippen LogP contribution < -0.4 is 5.32 Å². The lowest BCUT2D eigenvalue weighted by Gasteiger charge is -2.02. The van der Waals surface area contributed by atoms with Crippen LogP contribution in [-0.4, -0.2) is 19.8 Å². The van der Waals surface area contributed by atoms with Gasteiger partial charge in [-0.15, -0.1) is 0 Å². The summed E-state index contributed by atoms with van der Waals surface area (Å²) in [5.41, 5.74) is 0. The minimum absolute atomic E-state index is 0.391. The molecule has 1 rings (SSSR count). The maximum atomic E-state index is 12.5. The summed E-state index contributed by atoms with van der Waals surface area (Å²) < 4.78 is 12.5. The molecule has 0 heterocycles. The summed E-state index contributed by atoms with van der Waals surface area (Å²) in [6.07, 6.45) is 1.62. The summed E-state index contributed by atoms with van der Waals surface area (Å²) >= 11 is 0. The van der Waals surface area contributed by atoms with Crippen molar-refractivity contribution in [3.8, 4) is 0 Å². The average Bonchev–Trinajstić information content (AvgIpc) is 2.45. The minimum atomic E-state index is -0.583. The molecule has 2 heteroatoms. The first-order chi connectivity index (χ1) is 3.84. The van der Waals surface area contributed by atoms with Gasteiger partial charge in [0.15, 0.2) is 0 Å². The van der Waals surface area contributed by atoms with Gasteiger partial charge < -0.3 is 5.32 Å². The van der Waals surface area contributed by atoms with Gasteiger partial charge in [-0.25, -0.2) is 4.39 Å². The van der Waals surface area contributed by atoms with E-state index in [1.54, 1.807) is 7.05 Å². The molecular weight excluding hydrogens is 105 g/mol. The quantitative estimate of drug-likeness (QED) is 0.580. The van der Waals surface area contributed by atoms with Crippen LogP contribution in [0.3, 0.4) is 0 Å². The Kier molecular flexibility index (Phi) is 1.84. The highest BCUT2D eigenvalue weighted by Crippen LogP contribution is 2.33. The standard InChI is InChI=1S/C6H12FN/c1-8-4-6(7)5-2-3-5/h5-6,8H,2-4H2,1H3. The van der Waals surface area contributed by atoms with Crippen molar-refractivity contribution in [2.24, 2.45) is 5.92 Å². The molecule has 8 heavy (non-hydrogen) atoms. The summed E-state index contributed by atoms with van der Waals surface area (Å²) in [4.78, 5) is 0. The maximum absolute atomic E-state index is 12.5. The Bertz CT molecular complexity index is 70.9. The summed E-state index contributed by atoms with van der Waals surface area (Å²) in [7, 11) is 1.79. The van der Waals surface area contributed by atoms with Crippen LogP contribution in [0.1, 0.15) is 12.8 Å². The fraction of sp³-hybridized carbons (Fsp3) is 1.00. The Hall–Kier alpha value is -0.110. The predicted molar refractivity (Wildman–Crippen MR) is 31.5 cm³/mol. The molecule has 0 spiro atoms. The molecule has 1 N–H and O–H groups in total. The Morgan fingerprint density at radius 3 is 2.75 bits per heavy atom. The van der Waals surface area contributed by atoms with E-state index in [9.17, 15) is 4.39 Å². The van der Waals surface area contributed by atoms with Crippen molar-refractivity contribution < 1.29 is 4.39 Å². The third-order valence-corrected chi connectivity index (χ3v) is 1.53. The molecule has 1 aliphatic rings. The van der Waals surface area contributed by atoms with Crippen molar-refractivity contribution in [3.63, 3.8) is 0 Å². The van der Waals surface area contributed by atoms with E-state index in [1.807, 2.05) is 0 Å². The third-order valence-electron chi connectivity index (χ3n) is 1.53. The van der Waals surface area contributed by atoms with Crippen LogP contribution in [0.2, 0.25) is 0 Å². The molecular formula is C6H12FN. The van der Waals surface area contributed by atoms with Crippen LogP contribution in [-0.2, 0) is 0 Å². The van der Waals surface area contributed by atoms with E-state index < -0.39 is 6.17 Å². The molecule has 0 aliphatic heterocycles. The number of halogens is 1. The first-order valence-electron chi connectivity index (χ1n) is 3.13. The zero-order chi connectivity index (χ0) is 5.98. The van der Waals surface area contributed by atoms with Crippen LogP contribution in [0.25, 0.3) is 0 Å². The van der Waals surface area contributed by atoms with Gasteiger partial charge in [0.05, 0.1) is 0 Å². The first kappa shape index (κ1) is 6.02. The molecule has 1 unspecified atom stereocenters. The van der Waals surface area contributed by atoms with Gasteiger partial charge >= 0.3 is 0 Å². The van der Waals surface area contributed by atoms with Crippen LogP contribution in [0.15, 0.2) is 0 Å². The monoisotopic (exact) mass is 117 g/mol. The molecule has 1 nitrogen and oxygen atoms in total. The highest BCUT2D eigenvalue weighted by molar-refractivity contribution is 4.81. The van der Waals surface area contributed by atoms with Crippen LogP contribution in [0.5, 0.6) is 0 Å². The largest absolute Gasteiger partial charge is 0.317 e. The third kappa shape index (κ3) is 1.44. The van der Waals surface area contributed by atoms with Gasteiger partial charge in [-0.2, -0.15) is 0 Å². The van der Waals surface area contributed by atoms with E-state index in [1.165, 1.54) is 0 Å². The molecule has 1 aliphatic carbocycles. The number of rotatable bonds is 3. The lowest BCUT2D eigenvalue weighted by Crippen LogP contribution is -2.21. The minimum Gasteiger partial charge on any atom is -0.317 e. The van der Waals surface area contributed by atoms with Gasteiger partial charge in [0.2, 0.25) is 0 Å². The zero-order valence-corrected chi connectivity index (χ0v) is 5.15. The molecule has 0 bridgehead atoms. The van der Waals surface area contributed by atoms with E-state index in [0.29, 0.717) is 12.5 Å². The van der Waals surface area contributed by atoms with Crippen molar-refractivity contribution in [1.29, 1.82) is 0 Å². The Morgan fingerprint density at radius 1 is 1.75 bits per heavy atom.